The van der Waals surface area contributed by atoms with Crippen molar-refractivity contribution < 1.29 is 0 Å². The normalized spacial score (nSPS) is 13.4. The monoisotopic (exact) mass is 284 g/mol. The molecule has 5 heteroatoms. The molecule has 2 aromatic rings. The van der Waals surface area contributed by atoms with Gasteiger partial charge < -0.3 is 15.2 Å². The minimum Gasteiger partial charge on any atom is -0.385 e. The number of benzene rings is 1. The zero-order valence-corrected chi connectivity index (χ0v) is 12.2. The van der Waals surface area contributed by atoms with Crippen molar-refractivity contribution in [3.05, 3.63) is 46.5 Å². The summed E-state index contributed by atoms with van der Waals surface area (Å²) in [4.78, 5) is 16.4. The lowest BCUT2D eigenvalue weighted by Crippen LogP contribution is -2.23. The van der Waals surface area contributed by atoms with Gasteiger partial charge in [0, 0.05) is 36.9 Å². The van der Waals surface area contributed by atoms with E-state index in [9.17, 15) is 4.79 Å². The third kappa shape index (κ3) is 2.91. The molecule has 2 heterocycles. The second kappa shape index (κ2) is 5.99. The summed E-state index contributed by atoms with van der Waals surface area (Å²) in [6.45, 7) is 3.79. The van der Waals surface area contributed by atoms with E-state index in [1.807, 2.05) is 6.07 Å². The second-order valence-corrected chi connectivity index (χ2v) is 5.30. The second-order valence-electron chi connectivity index (χ2n) is 5.30. The molecule has 0 amide bonds. The summed E-state index contributed by atoms with van der Waals surface area (Å²) in [5.41, 5.74) is 3.32. The van der Waals surface area contributed by atoms with Crippen LogP contribution >= 0.6 is 0 Å². The summed E-state index contributed by atoms with van der Waals surface area (Å²) < 4.78 is 1.69. The molecule has 0 aliphatic carbocycles. The molecule has 0 bridgehead atoms. The summed E-state index contributed by atoms with van der Waals surface area (Å²) in [6.07, 6.45) is 6.53. The molecule has 1 aliphatic heterocycles. The molecule has 1 aromatic heterocycles. The molecule has 21 heavy (non-hydrogen) atoms. The van der Waals surface area contributed by atoms with Crippen molar-refractivity contribution in [3.8, 4) is 0 Å². The van der Waals surface area contributed by atoms with Gasteiger partial charge in [0.1, 0.15) is 0 Å². The highest BCUT2D eigenvalue weighted by Crippen LogP contribution is 2.25. The van der Waals surface area contributed by atoms with Gasteiger partial charge in [-0.1, -0.05) is 6.92 Å². The lowest BCUT2D eigenvalue weighted by Gasteiger charge is -2.19. The molecule has 0 saturated carbocycles. The quantitative estimate of drug-likeness (QED) is 0.906. The fourth-order valence-corrected chi connectivity index (χ4v) is 2.64. The molecule has 0 saturated heterocycles. The molecule has 1 aromatic carbocycles. The number of fused-ring (bicyclic) bond motifs is 1. The SMILES string of the molecule is CCCn1ccnc(Nc2ccc3c(c2)CCCN3)c1=O. The third-order valence-corrected chi connectivity index (χ3v) is 3.68. The average molecular weight is 284 g/mol. The van der Waals surface area contributed by atoms with Crippen molar-refractivity contribution in [2.45, 2.75) is 32.7 Å². The average Bonchev–Trinajstić information content (AvgIpc) is 2.51. The maximum Gasteiger partial charge on any atom is 0.293 e. The smallest absolute Gasteiger partial charge is 0.293 e. The number of nitrogens with zero attached hydrogens (tertiary/aromatic N) is 2. The first-order chi connectivity index (χ1) is 10.3. The Hall–Kier alpha value is -2.30. The maximum absolute atomic E-state index is 12.3. The van der Waals surface area contributed by atoms with Crippen molar-refractivity contribution in [1.29, 1.82) is 0 Å². The first-order valence-electron chi connectivity index (χ1n) is 7.47. The highest BCUT2D eigenvalue weighted by molar-refractivity contribution is 5.64. The molecule has 0 spiro atoms. The predicted octanol–water partition coefficient (Wildman–Crippen LogP) is 2.76. The van der Waals surface area contributed by atoms with E-state index in [0.29, 0.717) is 12.4 Å². The zero-order valence-electron chi connectivity index (χ0n) is 12.2. The topological polar surface area (TPSA) is 59.0 Å². The number of nitrogens with one attached hydrogen (secondary N) is 2. The van der Waals surface area contributed by atoms with Gasteiger partial charge in [-0.15, -0.1) is 0 Å². The predicted molar refractivity (Wildman–Crippen MR) is 85.3 cm³/mol. The van der Waals surface area contributed by atoms with Crippen LogP contribution in [0.3, 0.4) is 0 Å². The fraction of sp³-hybridized carbons (Fsp3) is 0.375. The summed E-state index contributed by atoms with van der Waals surface area (Å²) in [6, 6.07) is 6.14. The number of hydrogen-bond donors (Lipinski definition) is 2. The van der Waals surface area contributed by atoms with Crippen LogP contribution in [0.4, 0.5) is 17.2 Å². The minimum absolute atomic E-state index is 0.0739. The molecule has 0 fully saturated rings. The van der Waals surface area contributed by atoms with E-state index in [2.05, 4.69) is 34.7 Å². The molecule has 5 nitrogen and oxygen atoms in total. The Morgan fingerprint density at radius 3 is 3.19 bits per heavy atom. The van der Waals surface area contributed by atoms with Crippen molar-refractivity contribution in [3.63, 3.8) is 0 Å². The van der Waals surface area contributed by atoms with Crippen molar-refractivity contribution in [1.82, 2.24) is 9.55 Å². The van der Waals surface area contributed by atoms with Gasteiger partial charge in [0.25, 0.3) is 5.56 Å². The molecule has 3 rings (SSSR count). The van der Waals surface area contributed by atoms with Gasteiger partial charge >= 0.3 is 0 Å². The third-order valence-electron chi connectivity index (χ3n) is 3.68. The van der Waals surface area contributed by atoms with Gasteiger partial charge in [0.2, 0.25) is 0 Å². The molecule has 110 valence electrons. The van der Waals surface area contributed by atoms with Crippen LogP contribution < -0.4 is 16.2 Å². The van der Waals surface area contributed by atoms with Crippen LogP contribution in [0, 0.1) is 0 Å². The number of aryl methyl sites for hydroxylation is 2. The van der Waals surface area contributed by atoms with Crippen LogP contribution in [-0.4, -0.2) is 16.1 Å². The van der Waals surface area contributed by atoms with Gasteiger partial charge in [-0.3, -0.25) is 4.79 Å². The van der Waals surface area contributed by atoms with Crippen LogP contribution in [0.1, 0.15) is 25.3 Å². The van der Waals surface area contributed by atoms with Gasteiger partial charge in [-0.05, 0) is 43.0 Å². The first kappa shape index (κ1) is 13.7. The van der Waals surface area contributed by atoms with Crippen molar-refractivity contribution in [2.75, 3.05) is 17.2 Å². The largest absolute Gasteiger partial charge is 0.385 e. The summed E-state index contributed by atoms with van der Waals surface area (Å²) in [5.74, 6) is 0.384. The molecule has 2 N–H and O–H groups in total. The highest BCUT2D eigenvalue weighted by Gasteiger charge is 2.10. The van der Waals surface area contributed by atoms with Crippen LogP contribution in [0.15, 0.2) is 35.4 Å². The standard InChI is InChI=1S/C16H20N4O/c1-2-9-20-10-8-18-15(16(20)21)19-13-5-6-14-12(11-13)4-3-7-17-14/h5-6,8,10-11,17H,2-4,7,9H2,1H3,(H,18,19). The Balaban J connectivity index is 1.87. The van der Waals surface area contributed by atoms with E-state index < -0.39 is 0 Å². The molecule has 0 atom stereocenters. The summed E-state index contributed by atoms with van der Waals surface area (Å²) in [7, 11) is 0. The fourth-order valence-electron chi connectivity index (χ4n) is 2.64. The van der Waals surface area contributed by atoms with Gasteiger partial charge in [-0.25, -0.2) is 4.98 Å². The Kier molecular flexibility index (Phi) is 3.90. The zero-order chi connectivity index (χ0) is 14.7. The van der Waals surface area contributed by atoms with Gasteiger partial charge in [0.15, 0.2) is 5.82 Å². The molecular formula is C16H20N4O. The summed E-state index contributed by atoms with van der Waals surface area (Å²) >= 11 is 0. The molecular weight excluding hydrogens is 264 g/mol. The van der Waals surface area contributed by atoms with Crippen LogP contribution in [0.2, 0.25) is 0 Å². The number of anilines is 3. The van der Waals surface area contributed by atoms with Crippen LogP contribution in [-0.2, 0) is 13.0 Å². The van der Waals surface area contributed by atoms with Crippen molar-refractivity contribution in [2.24, 2.45) is 0 Å². The first-order valence-corrected chi connectivity index (χ1v) is 7.47. The number of aromatic nitrogens is 2. The Labute approximate surface area is 124 Å². The van der Waals surface area contributed by atoms with Gasteiger partial charge in [0.05, 0.1) is 0 Å². The van der Waals surface area contributed by atoms with E-state index in [0.717, 1.165) is 31.5 Å². The maximum atomic E-state index is 12.3. The molecule has 0 unspecified atom stereocenters. The van der Waals surface area contributed by atoms with E-state index in [1.165, 1.54) is 11.3 Å². The summed E-state index contributed by atoms with van der Waals surface area (Å²) in [5, 5.41) is 6.53. The Morgan fingerprint density at radius 1 is 1.43 bits per heavy atom. The lowest BCUT2D eigenvalue weighted by molar-refractivity contribution is 0.650. The van der Waals surface area contributed by atoms with Crippen LogP contribution in [0.5, 0.6) is 0 Å². The van der Waals surface area contributed by atoms with E-state index in [4.69, 9.17) is 0 Å². The minimum atomic E-state index is -0.0739. The van der Waals surface area contributed by atoms with E-state index in [-0.39, 0.29) is 5.56 Å². The van der Waals surface area contributed by atoms with E-state index >= 15 is 0 Å². The van der Waals surface area contributed by atoms with Crippen molar-refractivity contribution >= 4 is 17.2 Å². The Morgan fingerprint density at radius 2 is 2.33 bits per heavy atom. The number of rotatable bonds is 4. The molecule has 0 radical (unpaired) electrons. The molecule has 1 aliphatic rings. The lowest BCUT2D eigenvalue weighted by atomic mass is 10.0. The van der Waals surface area contributed by atoms with E-state index in [1.54, 1.807) is 17.0 Å². The Bertz CT molecular complexity index is 693. The number of hydrogen-bond acceptors (Lipinski definition) is 4. The van der Waals surface area contributed by atoms with Gasteiger partial charge in [-0.2, -0.15) is 0 Å². The highest BCUT2D eigenvalue weighted by atomic mass is 16.1. The van der Waals surface area contributed by atoms with Crippen LogP contribution in [0.25, 0.3) is 0 Å².